The van der Waals surface area contributed by atoms with Crippen molar-refractivity contribution in [1.82, 2.24) is 4.72 Å². The predicted molar refractivity (Wildman–Crippen MR) is 61.9 cm³/mol. The number of phenolic OH excluding ortho intramolecular Hbond substituents is 1. The number of aromatic hydroxyl groups is 1. The Morgan fingerprint density at radius 1 is 1.06 bits per heavy atom. The van der Waals surface area contributed by atoms with Crippen molar-refractivity contribution in [2.45, 2.75) is 4.90 Å². The third-order valence-corrected chi connectivity index (χ3v) is 3.89. The van der Waals surface area contributed by atoms with Crippen LogP contribution in [-0.4, -0.2) is 20.6 Å². The van der Waals surface area contributed by atoms with E-state index in [9.17, 15) is 13.5 Å². The van der Waals surface area contributed by atoms with Gasteiger partial charge in [-0.15, -0.1) is 0 Å². The molecule has 84 valence electrons. The number of benzene rings is 2. The molecular weight excluding hydrogens is 226 g/mol. The molecule has 0 aliphatic rings. The molecule has 4 nitrogen and oxygen atoms in total. The summed E-state index contributed by atoms with van der Waals surface area (Å²) in [5.74, 6) is 0.0747. The molecule has 2 N–H and O–H groups in total. The van der Waals surface area contributed by atoms with Crippen LogP contribution in [0.2, 0.25) is 0 Å². The lowest BCUT2D eigenvalue weighted by Gasteiger charge is -2.07. The maximum Gasteiger partial charge on any atom is 0.240 e. The Labute approximate surface area is 93.6 Å². The summed E-state index contributed by atoms with van der Waals surface area (Å²) in [6.45, 7) is 0. The average molecular weight is 237 g/mol. The number of sulfonamides is 1. The van der Waals surface area contributed by atoms with Crippen molar-refractivity contribution < 1.29 is 13.5 Å². The van der Waals surface area contributed by atoms with Gasteiger partial charge in [0.1, 0.15) is 5.75 Å². The van der Waals surface area contributed by atoms with Crippen LogP contribution in [0.15, 0.2) is 41.3 Å². The van der Waals surface area contributed by atoms with E-state index >= 15 is 0 Å². The van der Waals surface area contributed by atoms with Crippen molar-refractivity contribution >= 4 is 20.8 Å². The number of hydrogen-bond donors (Lipinski definition) is 2. The molecular formula is C11H11NO3S. The largest absolute Gasteiger partial charge is 0.507 e. The highest BCUT2D eigenvalue weighted by atomic mass is 32.2. The lowest BCUT2D eigenvalue weighted by Crippen LogP contribution is -2.18. The number of hydrogen-bond acceptors (Lipinski definition) is 3. The van der Waals surface area contributed by atoms with Gasteiger partial charge in [0.2, 0.25) is 10.0 Å². The van der Waals surface area contributed by atoms with Crippen LogP contribution in [0.3, 0.4) is 0 Å². The van der Waals surface area contributed by atoms with E-state index in [1.165, 1.54) is 19.2 Å². The van der Waals surface area contributed by atoms with E-state index in [-0.39, 0.29) is 10.6 Å². The smallest absolute Gasteiger partial charge is 0.240 e. The SMILES string of the molecule is CNS(=O)(=O)c1cccc2c(O)cccc12. The summed E-state index contributed by atoms with van der Waals surface area (Å²) >= 11 is 0. The fraction of sp³-hybridized carbons (Fsp3) is 0.0909. The molecule has 0 aliphatic carbocycles. The first-order chi connectivity index (χ1) is 7.56. The van der Waals surface area contributed by atoms with E-state index < -0.39 is 10.0 Å². The molecule has 0 heterocycles. The molecule has 0 aromatic heterocycles. The van der Waals surface area contributed by atoms with Gasteiger partial charge in [0.15, 0.2) is 0 Å². The second-order valence-electron chi connectivity index (χ2n) is 3.34. The molecule has 0 saturated carbocycles. The van der Waals surface area contributed by atoms with Crippen LogP contribution >= 0.6 is 0 Å². The van der Waals surface area contributed by atoms with Crippen molar-refractivity contribution in [1.29, 1.82) is 0 Å². The van der Waals surface area contributed by atoms with Crippen molar-refractivity contribution in [3.63, 3.8) is 0 Å². The van der Waals surface area contributed by atoms with Gasteiger partial charge in [0.25, 0.3) is 0 Å². The Hall–Kier alpha value is -1.59. The van der Waals surface area contributed by atoms with Crippen LogP contribution in [0.4, 0.5) is 0 Å². The number of phenols is 1. The molecule has 0 bridgehead atoms. The van der Waals surface area contributed by atoms with Crippen LogP contribution in [0.5, 0.6) is 5.75 Å². The molecule has 16 heavy (non-hydrogen) atoms. The Bertz CT molecular complexity index is 635. The second kappa shape index (κ2) is 3.77. The maximum atomic E-state index is 11.7. The molecule has 0 fully saturated rings. The Balaban J connectivity index is 2.88. The summed E-state index contributed by atoms with van der Waals surface area (Å²) in [6.07, 6.45) is 0. The van der Waals surface area contributed by atoms with Crippen molar-refractivity contribution in [2.75, 3.05) is 7.05 Å². The van der Waals surface area contributed by atoms with Gasteiger partial charge in [-0.25, -0.2) is 13.1 Å². The Morgan fingerprint density at radius 3 is 2.38 bits per heavy atom. The summed E-state index contributed by atoms with van der Waals surface area (Å²) in [4.78, 5) is 0.170. The Kier molecular flexibility index (Phi) is 2.57. The van der Waals surface area contributed by atoms with Crippen LogP contribution in [0, 0.1) is 0 Å². The van der Waals surface area contributed by atoms with Gasteiger partial charge < -0.3 is 5.11 Å². The fourth-order valence-corrected chi connectivity index (χ4v) is 2.55. The molecule has 0 saturated heterocycles. The van der Waals surface area contributed by atoms with Crippen molar-refractivity contribution in [3.8, 4) is 5.75 Å². The summed E-state index contributed by atoms with van der Waals surface area (Å²) in [7, 11) is -2.14. The van der Waals surface area contributed by atoms with Crippen LogP contribution in [0.25, 0.3) is 10.8 Å². The lowest BCUT2D eigenvalue weighted by atomic mass is 10.1. The molecule has 5 heteroatoms. The molecule has 0 radical (unpaired) electrons. The van der Waals surface area contributed by atoms with Gasteiger partial charge >= 0.3 is 0 Å². The average Bonchev–Trinajstić information content (AvgIpc) is 2.29. The minimum atomic E-state index is -3.50. The molecule has 0 spiro atoms. The summed E-state index contributed by atoms with van der Waals surface area (Å²) in [6, 6.07) is 9.60. The zero-order chi connectivity index (χ0) is 11.8. The van der Waals surface area contributed by atoms with E-state index in [2.05, 4.69) is 4.72 Å². The van der Waals surface area contributed by atoms with E-state index in [1.807, 2.05) is 0 Å². The number of nitrogens with one attached hydrogen (secondary N) is 1. The maximum absolute atomic E-state index is 11.7. The van der Waals surface area contributed by atoms with Crippen LogP contribution in [-0.2, 0) is 10.0 Å². The third-order valence-electron chi connectivity index (χ3n) is 2.42. The minimum absolute atomic E-state index is 0.0747. The topological polar surface area (TPSA) is 66.4 Å². The summed E-state index contributed by atoms with van der Waals surface area (Å²) < 4.78 is 25.7. The monoisotopic (exact) mass is 237 g/mol. The van der Waals surface area contributed by atoms with Gasteiger partial charge in [-0.2, -0.15) is 0 Å². The van der Waals surface area contributed by atoms with Crippen LogP contribution in [0.1, 0.15) is 0 Å². The van der Waals surface area contributed by atoms with E-state index in [0.717, 1.165) is 0 Å². The number of fused-ring (bicyclic) bond motifs is 1. The zero-order valence-corrected chi connectivity index (χ0v) is 9.45. The first kappa shape index (κ1) is 10.9. The van der Waals surface area contributed by atoms with Gasteiger partial charge in [-0.1, -0.05) is 24.3 Å². The molecule has 0 aliphatic heterocycles. The van der Waals surface area contributed by atoms with E-state index in [4.69, 9.17) is 0 Å². The van der Waals surface area contributed by atoms with E-state index in [0.29, 0.717) is 10.8 Å². The van der Waals surface area contributed by atoms with Gasteiger partial charge in [0.05, 0.1) is 4.90 Å². The quantitative estimate of drug-likeness (QED) is 0.830. The van der Waals surface area contributed by atoms with Gasteiger partial charge in [0, 0.05) is 10.8 Å². The first-order valence-electron chi connectivity index (χ1n) is 4.70. The first-order valence-corrected chi connectivity index (χ1v) is 6.19. The fourth-order valence-electron chi connectivity index (χ4n) is 1.61. The summed E-state index contributed by atoms with van der Waals surface area (Å²) in [5.41, 5.74) is 0. The third kappa shape index (κ3) is 1.64. The highest BCUT2D eigenvalue weighted by Crippen LogP contribution is 2.28. The minimum Gasteiger partial charge on any atom is -0.507 e. The zero-order valence-electron chi connectivity index (χ0n) is 8.64. The predicted octanol–water partition coefficient (Wildman–Crippen LogP) is 1.45. The summed E-state index contributed by atoms with van der Waals surface area (Å²) in [5, 5.41) is 10.7. The molecule has 2 aromatic rings. The van der Waals surface area contributed by atoms with Crippen molar-refractivity contribution in [2.24, 2.45) is 0 Å². The lowest BCUT2D eigenvalue weighted by molar-refractivity contribution is 0.481. The Morgan fingerprint density at radius 2 is 1.69 bits per heavy atom. The van der Waals surface area contributed by atoms with Gasteiger partial charge in [-0.05, 0) is 19.2 Å². The molecule has 0 amide bonds. The standard InChI is InChI=1S/C11H11NO3S/c1-12-16(14,15)11-7-3-4-8-9(11)5-2-6-10(8)13/h2-7,12-13H,1H3. The number of rotatable bonds is 2. The normalized spacial score (nSPS) is 11.8. The van der Waals surface area contributed by atoms with Crippen molar-refractivity contribution in [3.05, 3.63) is 36.4 Å². The molecule has 0 unspecified atom stereocenters. The second-order valence-corrected chi connectivity index (χ2v) is 5.19. The molecule has 2 aromatic carbocycles. The molecule has 0 atom stereocenters. The molecule has 2 rings (SSSR count). The van der Waals surface area contributed by atoms with Crippen LogP contribution < -0.4 is 4.72 Å². The highest BCUT2D eigenvalue weighted by molar-refractivity contribution is 7.89. The van der Waals surface area contributed by atoms with E-state index in [1.54, 1.807) is 24.3 Å². The van der Waals surface area contributed by atoms with Gasteiger partial charge in [-0.3, -0.25) is 0 Å². The highest BCUT2D eigenvalue weighted by Gasteiger charge is 2.15.